The first-order valence-electron chi connectivity index (χ1n) is 5.75. The first kappa shape index (κ1) is 12.3. The van der Waals surface area contributed by atoms with Crippen molar-refractivity contribution in [3.05, 3.63) is 59.9 Å². The highest BCUT2D eigenvalue weighted by atomic mass is 16.1. The molecule has 2 aromatic rings. The van der Waals surface area contributed by atoms with Gasteiger partial charge in [-0.25, -0.2) is 0 Å². The Morgan fingerprint density at radius 1 is 1.17 bits per heavy atom. The predicted molar refractivity (Wildman–Crippen MR) is 71.1 cm³/mol. The van der Waals surface area contributed by atoms with Crippen LogP contribution in [0.3, 0.4) is 0 Å². The number of hydrogen-bond acceptors (Lipinski definition) is 4. The van der Waals surface area contributed by atoms with E-state index in [1.165, 1.54) is 0 Å². The summed E-state index contributed by atoms with van der Waals surface area (Å²) in [5, 5.41) is 3.07. The summed E-state index contributed by atoms with van der Waals surface area (Å²) in [4.78, 5) is 16.0. The van der Waals surface area contributed by atoms with Gasteiger partial charge in [-0.1, -0.05) is 6.07 Å². The van der Waals surface area contributed by atoms with Gasteiger partial charge in [0.15, 0.2) is 5.78 Å². The van der Waals surface area contributed by atoms with E-state index in [4.69, 9.17) is 5.73 Å². The molecule has 4 nitrogen and oxygen atoms in total. The lowest BCUT2D eigenvalue weighted by atomic mass is 10.1. The lowest BCUT2D eigenvalue weighted by Gasteiger charge is -2.04. The van der Waals surface area contributed by atoms with Gasteiger partial charge in [-0.3, -0.25) is 9.78 Å². The normalized spacial score (nSPS) is 10.2. The van der Waals surface area contributed by atoms with Crippen molar-refractivity contribution >= 4 is 11.5 Å². The molecule has 2 rings (SSSR count). The van der Waals surface area contributed by atoms with E-state index in [9.17, 15) is 4.79 Å². The number of Topliss-reactive ketones (excluding diaryl/α,β-unsaturated/α-hetero) is 1. The third-order valence-corrected chi connectivity index (χ3v) is 2.55. The minimum atomic E-state index is 0.0472. The van der Waals surface area contributed by atoms with E-state index in [0.717, 1.165) is 5.69 Å². The SMILES string of the molecule is Nc1ccc(C(=O)CNCc2ccccn2)cc1. The number of anilines is 1. The van der Waals surface area contributed by atoms with Crippen LogP contribution in [0.4, 0.5) is 5.69 Å². The van der Waals surface area contributed by atoms with E-state index in [1.54, 1.807) is 30.5 Å². The number of carbonyl (C=O) groups is 1. The quantitative estimate of drug-likeness (QED) is 0.616. The van der Waals surface area contributed by atoms with Crippen LogP contribution in [-0.2, 0) is 6.54 Å². The summed E-state index contributed by atoms with van der Waals surface area (Å²) in [6.45, 7) is 0.877. The fourth-order valence-corrected chi connectivity index (χ4v) is 1.58. The average molecular weight is 241 g/mol. The molecule has 92 valence electrons. The van der Waals surface area contributed by atoms with Gasteiger partial charge < -0.3 is 11.1 Å². The van der Waals surface area contributed by atoms with Gasteiger partial charge in [0.2, 0.25) is 0 Å². The Balaban J connectivity index is 1.84. The summed E-state index contributed by atoms with van der Waals surface area (Å²) in [5.74, 6) is 0.0472. The van der Waals surface area contributed by atoms with Crippen LogP contribution in [0.25, 0.3) is 0 Å². The van der Waals surface area contributed by atoms with E-state index in [2.05, 4.69) is 10.3 Å². The number of pyridine rings is 1. The maximum atomic E-state index is 11.8. The summed E-state index contributed by atoms with van der Waals surface area (Å²) in [5.41, 5.74) is 7.81. The maximum absolute atomic E-state index is 11.8. The summed E-state index contributed by atoms with van der Waals surface area (Å²) in [6.07, 6.45) is 1.73. The second-order valence-corrected chi connectivity index (χ2v) is 3.97. The molecule has 0 aliphatic rings. The van der Waals surface area contributed by atoms with E-state index in [1.807, 2.05) is 18.2 Å². The lowest BCUT2D eigenvalue weighted by Crippen LogP contribution is -2.23. The molecule has 18 heavy (non-hydrogen) atoms. The molecule has 0 fully saturated rings. The largest absolute Gasteiger partial charge is 0.399 e. The Labute approximate surface area is 106 Å². The number of nitrogen functional groups attached to an aromatic ring is 1. The number of rotatable bonds is 5. The molecule has 0 aliphatic heterocycles. The van der Waals surface area contributed by atoms with Crippen LogP contribution < -0.4 is 11.1 Å². The number of aromatic nitrogens is 1. The van der Waals surface area contributed by atoms with Crippen molar-refractivity contribution in [1.82, 2.24) is 10.3 Å². The second-order valence-electron chi connectivity index (χ2n) is 3.97. The standard InChI is InChI=1S/C14H15N3O/c15-12-6-4-11(5-7-12)14(18)10-16-9-13-3-1-2-8-17-13/h1-8,16H,9-10,15H2. The molecule has 4 heteroatoms. The predicted octanol–water partition coefficient (Wildman–Crippen LogP) is 1.64. The summed E-state index contributed by atoms with van der Waals surface area (Å²) >= 11 is 0. The molecule has 1 aromatic carbocycles. The van der Waals surface area contributed by atoms with Crippen molar-refractivity contribution < 1.29 is 4.79 Å². The molecule has 0 amide bonds. The molecular formula is C14H15N3O. The van der Waals surface area contributed by atoms with Gasteiger partial charge in [0, 0.05) is 24.0 Å². The number of nitrogens with two attached hydrogens (primary N) is 1. The molecule has 0 bridgehead atoms. The van der Waals surface area contributed by atoms with Gasteiger partial charge in [0.05, 0.1) is 12.2 Å². The Morgan fingerprint density at radius 3 is 2.61 bits per heavy atom. The van der Waals surface area contributed by atoms with Crippen molar-refractivity contribution in [2.75, 3.05) is 12.3 Å². The molecule has 1 aromatic heterocycles. The molecule has 0 aliphatic carbocycles. The summed E-state index contributed by atoms with van der Waals surface area (Å²) < 4.78 is 0. The van der Waals surface area contributed by atoms with Gasteiger partial charge in [-0.15, -0.1) is 0 Å². The topological polar surface area (TPSA) is 68.0 Å². The van der Waals surface area contributed by atoms with Crippen molar-refractivity contribution in [3.63, 3.8) is 0 Å². The second kappa shape index (κ2) is 5.93. The van der Waals surface area contributed by atoms with Crippen LogP contribution in [0.2, 0.25) is 0 Å². The third-order valence-electron chi connectivity index (χ3n) is 2.55. The van der Waals surface area contributed by atoms with Gasteiger partial charge in [-0.05, 0) is 36.4 Å². The van der Waals surface area contributed by atoms with Crippen LogP contribution >= 0.6 is 0 Å². The zero-order chi connectivity index (χ0) is 12.8. The van der Waals surface area contributed by atoms with Gasteiger partial charge in [-0.2, -0.15) is 0 Å². The first-order valence-corrected chi connectivity index (χ1v) is 5.75. The van der Waals surface area contributed by atoms with Crippen LogP contribution in [0.15, 0.2) is 48.7 Å². The van der Waals surface area contributed by atoms with Crippen molar-refractivity contribution in [1.29, 1.82) is 0 Å². The highest BCUT2D eigenvalue weighted by Crippen LogP contribution is 2.05. The molecule has 0 saturated heterocycles. The maximum Gasteiger partial charge on any atom is 0.176 e. The molecule has 1 heterocycles. The Kier molecular flexibility index (Phi) is 4.04. The Bertz CT molecular complexity index is 508. The number of nitrogens with zero attached hydrogens (tertiary/aromatic N) is 1. The van der Waals surface area contributed by atoms with Crippen molar-refractivity contribution in [2.45, 2.75) is 6.54 Å². The minimum Gasteiger partial charge on any atom is -0.399 e. The molecule has 0 saturated carbocycles. The molecule has 0 atom stereocenters. The van der Waals surface area contributed by atoms with E-state index >= 15 is 0 Å². The molecule has 0 radical (unpaired) electrons. The van der Waals surface area contributed by atoms with Crippen LogP contribution in [-0.4, -0.2) is 17.3 Å². The Hall–Kier alpha value is -2.20. The van der Waals surface area contributed by atoms with Crippen molar-refractivity contribution in [2.24, 2.45) is 0 Å². The lowest BCUT2D eigenvalue weighted by molar-refractivity contribution is 0.0990. The monoisotopic (exact) mass is 241 g/mol. The van der Waals surface area contributed by atoms with E-state index < -0.39 is 0 Å². The number of hydrogen-bond donors (Lipinski definition) is 2. The minimum absolute atomic E-state index is 0.0472. The van der Waals surface area contributed by atoms with Gasteiger partial charge >= 0.3 is 0 Å². The number of carbonyl (C=O) groups excluding carboxylic acids is 1. The number of nitrogens with one attached hydrogen (secondary N) is 1. The van der Waals surface area contributed by atoms with E-state index in [0.29, 0.717) is 24.3 Å². The average Bonchev–Trinajstić information content (AvgIpc) is 2.40. The molecule has 0 unspecified atom stereocenters. The van der Waals surface area contributed by atoms with Crippen molar-refractivity contribution in [3.8, 4) is 0 Å². The summed E-state index contributed by atoms with van der Waals surface area (Å²) in [7, 11) is 0. The highest BCUT2D eigenvalue weighted by Gasteiger charge is 2.04. The van der Waals surface area contributed by atoms with Crippen LogP contribution in [0.5, 0.6) is 0 Å². The van der Waals surface area contributed by atoms with Crippen LogP contribution in [0, 0.1) is 0 Å². The van der Waals surface area contributed by atoms with Gasteiger partial charge in [0.25, 0.3) is 0 Å². The number of ketones is 1. The smallest absolute Gasteiger partial charge is 0.176 e. The zero-order valence-electron chi connectivity index (χ0n) is 9.97. The number of benzene rings is 1. The first-order chi connectivity index (χ1) is 8.75. The summed E-state index contributed by atoms with van der Waals surface area (Å²) in [6, 6.07) is 12.6. The van der Waals surface area contributed by atoms with E-state index in [-0.39, 0.29) is 5.78 Å². The van der Waals surface area contributed by atoms with Crippen LogP contribution in [0.1, 0.15) is 16.1 Å². The highest BCUT2D eigenvalue weighted by molar-refractivity contribution is 5.97. The fraction of sp³-hybridized carbons (Fsp3) is 0.143. The zero-order valence-corrected chi connectivity index (χ0v) is 9.97. The third kappa shape index (κ3) is 3.40. The Morgan fingerprint density at radius 2 is 1.94 bits per heavy atom. The fourth-order valence-electron chi connectivity index (χ4n) is 1.58. The molecule has 0 spiro atoms. The van der Waals surface area contributed by atoms with Gasteiger partial charge in [0.1, 0.15) is 0 Å². The molecular weight excluding hydrogens is 226 g/mol. The molecule has 3 N–H and O–H groups in total.